The number of aromatic nitrogens is 1. The number of benzene rings is 1. The molecule has 4 heteroatoms. The smallest absolute Gasteiger partial charge is 0.252 e. The second kappa shape index (κ2) is 6.29. The molecule has 0 aliphatic carbocycles. The minimum Gasteiger partial charge on any atom is -0.396 e. The Morgan fingerprint density at radius 1 is 1.37 bits per heavy atom. The third kappa shape index (κ3) is 3.29. The molecule has 19 heavy (non-hydrogen) atoms. The molecule has 0 saturated heterocycles. The fraction of sp³-hybridized carbons (Fsp3) is 0.333. The maximum atomic E-state index is 12.2. The molecule has 2 N–H and O–H groups in total. The second-order valence-electron chi connectivity index (χ2n) is 4.62. The number of hydrogen-bond donors (Lipinski definition) is 2. The molecule has 4 nitrogen and oxygen atoms in total. The van der Waals surface area contributed by atoms with Crippen LogP contribution in [-0.4, -0.2) is 28.6 Å². The fourth-order valence-corrected chi connectivity index (χ4v) is 2.07. The van der Waals surface area contributed by atoms with E-state index in [-0.39, 0.29) is 18.6 Å². The maximum absolute atomic E-state index is 12.2. The minimum atomic E-state index is -0.0935. The lowest BCUT2D eigenvalue weighted by atomic mass is 10.1. The van der Waals surface area contributed by atoms with Crippen LogP contribution in [0.2, 0.25) is 0 Å². The first-order valence-electron chi connectivity index (χ1n) is 6.48. The zero-order chi connectivity index (χ0) is 13.7. The van der Waals surface area contributed by atoms with Gasteiger partial charge in [-0.05, 0) is 38.0 Å². The zero-order valence-corrected chi connectivity index (χ0v) is 11.0. The van der Waals surface area contributed by atoms with Crippen molar-refractivity contribution < 1.29 is 9.90 Å². The highest BCUT2D eigenvalue weighted by atomic mass is 16.2. The van der Waals surface area contributed by atoms with Gasteiger partial charge in [-0.3, -0.25) is 9.78 Å². The molecule has 1 heterocycles. The van der Waals surface area contributed by atoms with Crippen LogP contribution in [-0.2, 0) is 0 Å². The second-order valence-corrected chi connectivity index (χ2v) is 4.62. The van der Waals surface area contributed by atoms with Crippen molar-refractivity contribution in [1.29, 1.82) is 0 Å². The molecule has 2 aromatic rings. The highest BCUT2D eigenvalue weighted by molar-refractivity contribution is 6.06. The molecule has 2 rings (SSSR count). The molecule has 1 aromatic heterocycles. The van der Waals surface area contributed by atoms with Gasteiger partial charge < -0.3 is 10.4 Å². The molecule has 0 fully saturated rings. The van der Waals surface area contributed by atoms with Crippen molar-refractivity contribution in [2.45, 2.75) is 25.8 Å². The van der Waals surface area contributed by atoms with Crippen molar-refractivity contribution in [2.75, 3.05) is 6.61 Å². The number of rotatable bonds is 5. The maximum Gasteiger partial charge on any atom is 0.252 e. The summed E-state index contributed by atoms with van der Waals surface area (Å²) in [6, 6.07) is 9.30. The molecule has 0 aliphatic heterocycles. The Labute approximate surface area is 112 Å². The number of amides is 1. The van der Waals surface area contributed by atoms with E-state index in [1.54, 1.807) is 12.3 Å². The molecular formula is C15H18N2O2. The van der Waals surface area contributed by atoms with E-state index in [9.17, 15) is 4.79 Å². The molecule has 100 valence electrons. The number of nitrogens with one attached hydrogen (secondary N) is 1. The van der Waals surface area contributed by atoms with Crippen molar-refractivity contribution >= 4 is 16.8 Å². The van der Waals surface area contributed by atoms with Crippen molar-refractivity contribution in [3.63, 3.8) is 0 Å². The average molecular weight is 258 g/mol. The molecule has 1 amide bonds. The molecule has 0 radical (unpaired) electrons. The molecular weight excluding hydrogens is 240 g/mol. The lowest BCUT2D eigenvalue weighted by Gasteiger charge is -2.14. The first-order valence-corrected chi connectivity index (χ1v) is 6.48. The summed E-state index contributed by atoms with van der Waals surface area (Å²) in [5.74, 6) is -0.0935. The monoisotopic (exact) mass is 258 g/mol. The van der Waals surface area contributed by atoms with Crippen LogP contribution < -0.4 is 5.32 Å². The van der Waals surface area contributed by atoms with Crippen LogP contribution in [0.4, 0.5) is 0 Å². The summed E-state index contributed by atoms with van der Waals surface area (Å²) < 4.78 is 0. The summed E-state index contributed by atoms with van der Waals surface area (Å²) in [4.78, 5) is 16.5. The topological polar surface area (TPSA) is 62.2 Å². The number of hydrogen-bond acceptors (Lipinski definition) is 3. The Hall–Kier alpha value is -1.94. The van der Waals surface area contributed by atoms with Crippen molar-refractivity contribution in [3.05, 3.63) is 42.1 Å². The molecule has 1 aromatic carbocycles. The van der Waals surface area contributed by atoms with Crippen molar-refractivity contribution in [3.8, 4) is 0 Å². The summed E-state index contributed by atoms with van der Waals surface area (Å²) in [5.41, 5.74) is 1.46. The summed E-state index contributed by atoms with van der Waals surface area (Å²) in [6.07, 6.45) is 3.18. The molecule has 0 aliphatic rings. The van der Waals surface area contributed by atoms with E-state index < -0.39 is 0 Å². The van der Waals surface area contributed by atoms with Gasteiger partial charge in [0.15, 0.2) is 0 Å². The Morgan fingerprint density at radius 3 is 3.00 bits per heavy atom. The summed E-state index contributed by atoms with van der Waals surface area (Å²) >= 11 is 0. The van der Waals surface area contributed by atoms with Crippen LogP contribution in [0.1, 0.15) is 30.1 Å². The van der Waals surface area contributed by atoms with E-state index in [4.69, 9.17) is 5.11 Å². The van der Waals surface area contributed by atoms with E-state index >= 15 is 0 Å². The average Bonchev–Trinajstić information content (AvgIpc) is 2.44. The number of aliphatic hydroxyl groups excluding tert-OH is 1. The van der Waals surface area contributed by atoms with Gasteiger partial charge in [0.25, 0.3) is 5.91 Å². The Bertz CT molecular complexity index is 564. The van der Waals surface area contributed by atoms with Crippen LogP contribution in [0.5, 0.6) is 0 Å². The van der Waals surface area contributed by atoms with Crippen molar-refractivity contribution in [1.82, 2.24) is 10.3 Å². The predicted octanol–water partition coefficient (Wildman–Crippen LogP) is 2.13. The van der Waals surface area contributed by atoms with Crippen LogP contribution >= 0.6 is 0 Å². The first kappa shape index (κ1) is 13.5. The lowest BCUT2D eigenvalue weighted by Crippen LogP contribution is -2.32. The van der Waals surface area contributed by atoms with Gasteiger partial charge in [0.05, 0.1) is 5.52 Å². The SMILES string of the molecule is CC(CCCO)NC(=O)c1cccc2ncccc12. The van der Waals surface area contributed by atoms with Gasteiger partial charge in [0, 0.05) is 29.8 Å². The minimum absolute atomic E-state index is 0.0478. The third-order valence-electron chi connectivity index (χ3n) is 3.06. The summed E-state index contributed by atoms with van der Waals surface area (Å²) in [6.45, 7) is 2.09. The lowest BCUT2D eigenvalue weighted by molar-refractivity contribution is 0.0938. The number of aliphatic hydroxyl groups is 1. The number of nitrogens with zero attached hydrogens (tertiary/aromatic N) is 1. The van der Waals surface area contributed by atoms with E-state index in [1.165, 1.54) is 0 Å². The fourth-order valence-electron chi connectivity index (χ4n) is 2.07. The van der Waals surface area contributed by atoms with E-state index in [1.807, 2.05) is 31.2 Å². The third-order valence-corrected chi connectivity index (χ3v) is 3.06. The predicted molar refractivity (Wildman–Crippen MR) is 75.0 cm³/mol. The number of fused-ring (bicyclic) bond motifs is 1. The highest BCUT2D eigenvalue weighted by Crippen LogP contribution is 2.16. The largest absolute Gasteiger partial charge is 0.396 e. The van der Waals surface area contributed by atoms with Gasteiger partial charge >= 0.3 is 0 Å². The first-order chi connectivity index (χ1) is 9.22. The normalized spacial score (nSPS) is 12.3. The Morgan fingerprint density at radius 2 is 2.21 bits per heavy atom. The molecule has 0 saturated carbocycles. The molecule has 0 bridgehead atoms. The summed E-state index contributed by atoms with van der Waals surface area (Å²) in [5, 5.41) is 12.6. The number of carbonyl (C=O) groups excluding carboxylic acids is 1. The van der Waals surface area contributed by atoms with Gasteiger partial charge in [-0.15, -0.1) is 0 Å². The summed E-state index contributed by atoms with van der Waals surface area (Å²) in [7, 11) is 0. The van der Waals surface area contributed by atoms with Gasteiger partial charge in [-0.1, -0.05) is 12.1 Å². The van der Waals surface area contributed by atoms with Crippen LogP contribution in [0.25, 0.3) is 10.9 Å². The van der Waals surface area contributed by atoms with Gasteiger partial charge in [-0.2, -0.15) is 0 Å². The van der Waals surface area contributed by atoms with Crippen LogP contribution in [0.15, 0.2) is 36.5 Å². The van der Waals surface area contributed by atoms with Crippen LogP contribution in [0, 0.1) is 0 Å². The molecule has 1 unspecified atom stereocenters. The van der Waals surface area contributed by atoms with Crippen molar-refractivity contribution in [2.24, 2.45) is 0 Å². The van der Waals surface area contributed by atoms with E-state index in [0.29, 0.717) is 12.0 Å². The van der Waals surface area contributed by atoms with Gasteiger partial charge in [0.2, 0.25) is 0 Å². The standard InChI is InChI=1S/C15H18N2O2/c1-11(5-4-10-18)17-15(19)13-6-2-8-14-12(13)7-3-9-16-14/h2-3,6-9,11,18H,4-5,10H2,1H3,(H,17,19). The van der Waals surface area contributed by atoms with E-state index in [0.717, 1.165) is 17.3 Å². The van der Waals surface area contributed by atoms with Crippen LogP contribution in [0.3, 0.4) is 0 Å². The Balaban J connectivity index is 2.17. The quantitative estimate of drug-likeness (QED) is 0.863. The molecule has 0 spiro atoms. The van der Waals surface area contributed by atoms with E-state index in [2.05, 4.69) is 10.3 Å². The molecule has 1 atom stereocenters. The number of carbonyl (C=O) groups is 1. The Kier molecular flexibility index (Phi) is 4.47. The number of pyridine rings is 1. The van der Waals surface area contributed by atoms with Gasteiger partial charge in [0.1, 0.15) is 0 Å². The van der Waals surface area contributed by atoms with Gasteiger partial charge in [-0.25, -0.2) is 0 Å². The zero-order valence-electron chi connectivity index (χ0n) is 11.0. The highest BCUT2D eigenvalue weighted by Gasteiger charge is 2.12.